The van der Waals surface area contributed by atoms with Crippen LogP contribution in [-0.4, -0.2) is 42.7 Å². The van der Waals surface area contributed by atoms with Crippen LogP contribution in [0.15, 0.2) is 11.8 Å². The molecular formula is C10H20O4. The molecule has 14 heavy (non-hydrogen) atoms. The highest BCUT2D eigenvalue weighted by Crippen LogP contribution is 2.03. The monoisotopic (exact) mass is 204 g/mol. The summed E-state index contributed by atoms with van der Waals surface area (Å²) >= 11 is 0. The molecule has 1 atom stereocenters. The molecule has 0 amide bonds. The van der Waals surface area contributed by atoms with E-state index in [1.165, 1.54) is 0 Å². The number of hydrogen-bond acceptors (Lipinski definition) is 4. The van der Waals surface area contributed by atoms with E-state index in [4.69, 9.17) is 14.6 Å². The average molecular weight is 204 g/mol. The van der Waals surface area contributed by atoms with E-state index in [2.05, 4.69) is 0 Å². The Morgan fingerprint density at radius 3 is 2.64 bits per heavy atom. The van der Waals surface area contributed by atoms with Gasteiger partial charge in [0.2, 0.25) is 0 Å². The number of hydrogen-bond donors (Lipinski definition) is 2. The Labute approximate surface area is 85.1 Å². The molecule has 0 saturated heterocycles. The first-order valence-corrected chi connectivity index (χ1v) is 4.91. The number of ether oxygens (including phenoxy) is 2. The second kappa shape index (κ2) is 8.99. The zero-order valence-corrected chi connectivity index (χ0v) is 8.90. The molecule has 84 valence electrons. The fraction of sp³-hybridized carbons (Fsp3) is 0.800. The summed E-state index contributed by atoms with van der Waals surface area (Å²) in [5.41, 5.74) is 0. The molecular weight excluding hydrogens is 184 g/mol. The smallest absolute Gasteiger partial charge is 0.117 e. The van der Waals surface area contributed by atoms with E-state index >= 15 is 0 Å². The molecule has 0 aromatic carbocycles. The molecule has 0 aromatic rings. The lowest BCUT2D eigenvalue weighted by Crippen LogP contribution is -2.16. The molecule has 0 heterocycles. The molecule has 2 N–H and O–H groups in total. The van der Waals surface area contributed by atoms with Crippen molar-refractivity contribution in [3.8, 4) is 0 Å². The summed E-state index contributed by atoms with van der Waals surface area (Å²) in [7, 11) is 0. The molecule has 1 unspecified atom stereocenters. The number of rotatable bonds is 8. The molecule has 0 saturated carbocycles. The van der Waals surface area contributed by atoms with Crippen molar-refractivity contribution in [2.75, 3.05) is 26.4 Å². The van der Waals surface area contributed by atoms with Crippen molar-refractivity contribution in [2.45, 2.75) is 26.4 Å². The van der Waals surface area contributed by atoms with Crippen LogP contribution < -0.4 is 0 Å². The summed E-state index contributed by atoms with van der Waals surface area (Å²) in [6.45, 7) is 4.94. The van der Waals surface area contributed by atoms with Crippen molar-refractivity contribution < 1.29 is 19.7 Å². The van der Waals surface area contributed by atoms with E-state index in [1.54, 1.807) is 13.0 Å². The molecule has 0 aliphatic rings. The van der Waals surface area contributed by atoms with Gasteiger partial charge in [0.25, 0.3) is 0 Å². The molecule has 4 heteroatoms. The van der Waals surface area contributed by atoms with Crippen molar-refractivity contribution in [1.82, 2.24) is 0 Å². The fourth-order valence-electron chi connectivity index (χ4n) is 0.911. The molecule has 0 aliphatic carbocycles. The van der Waals surface area contributed by atoms with Crippen LogP contribution in [0.4, 0.5) is 0 Å². The fourth-order valence-corrected chi connectivity index (χ4v) is 0.911. The maximum absolute atomic E-state index is 9.38. The zero-order chi connectivity index (χ0) is 10.8. The molecule has 0 fully saturated rings. The van der Waals surface area contributed by atoms with Gasteiger partial charge in [0, 0.05) is 0 Å². The Hall–Kier alpha value is -0.580. The topological polar surface area (TPSA) is 58.9 Å². The van der Waals surface area contributed by atoms with Crippen LogP contribution in [0.2, 0.25) is 0 Å². The van der Waals surface area contributed by atoms with Gasteiger partial charge in [-0.2, -0.15) is 0 Å². The summed E-state index contributed by atoms with van der Waals surface area (Å²) in [5.74, 6) is 0.259. The first-order valence-electron chi connectivity index (χ1n) is 4.91. The predicted octanol–water partition coefficient (Wildman–Crippen LogP) is 1.25. The van der Waals surface area contributed by atoms with Gasteiger partial charge in [-0.25, -0.2) is 0 Å². The van der Waals surface area contributed by atoms with Crippen LogP contribution in [0.25, 0.3) is 0 Å². The van der Waals surface area contributed by atoms with Gasteiger partial charge in [0.15, 0.2) is 0 Å². The minimum Gasteiger partial charge on any atom is -0.510 e. The van der Waals surface area contributed by atoms with Crippen LogP contribution in [0, 0.1) is 0 Å². The van der Waals surface area contributed by atoms with Crippen LogP contribution in [0.5, 0.6) is 0 Å². The van der Waals surface area contributed by atoms with E-state index in [9.17, 15) is 5.11 Å². The quantitative estimate of drug-likeness (QED) is 0.461. The summed E-state index contributed by atoms with van der Waals surface area (Å²) in [6.07, 6.45) is 2.23. The highest BCUT2D eigenvalue weighted by molar-refractivity contribution is 4.95. The SMILES string of the molecule is CCC=C(O)C(C)OCCOCCO. The van der Waals surface area contributed by atoms with Gasteiger partial charge in [-0.3, -0.25) is 0 Å². The van der Waals surface area contributed by atoms with Gasteiger partial charge in [0.05, 0.1) is 26.4 Å². The average Bonchev–Trinajstić information content (AvgIpc) is 2.17. The number of aliphatic hydroxyl groups excluding tert-OH is 2. The Bertz CT molecular complexity index is 156. The van der Waals surface area contributed by atoms with Crippen molar-refractivity contribution in [3.63, 3.8) is 0 Å². The summed E-state index contributed by atoms with van der Waals surface area (Å²) in [4.78, 5) is 0. The van der Waals surface area contributed by atoms with Crippen LogP contribution >= 0.6 is 0 Å². The van der Waals surface area contributed by atoms with E-state index < -0.39 is 0 Å². The lowest BCUT2D eigenvalue weighted by molar-refractivity contribution is 0.00370. The highest BCUT2D eigenvalue weighted by atomic mass is 16.5. The summed E-state index contributed by atoms with van der Waals surface area (Å²) in [5, 5.41) is 17.8. The van der Waals surface area contributed by atoms with Gasteiger partial charge in [-0.15, -0.1) is 0 Å². The van der Waals surface area contributed by atoms with Gasteiger partial charge >= 0.3 is 0 Å². The van der Waals surface area contributed by atoms with E-state index in [1.807, 2.05) is 6.92 Å². The maximum atomic E-state index is 9.38. The third kappa shape index (κ3) is 6.88. The van der Waals surface area contributed by atoms with Gasteiger partial charge in [-0.1, -0.05) is 6.92 Å². The third-order valence-corrected chi connectivity index (χ3v) is 1.66. The maximum Gasteiger partial charge on any atom is 0.117 e. The van der Waals surface area contributed by atoms with Gasteiger partial charge < -0.3 is 19.7 Å². The van der Waals surface area contributed by atoms with E-state index in [-0.39, 0.29) is 18.5 Å². The molecule has 0 aromatic heterocycles. The van der Waals surface area contributed by atoms with Crippen molar-refractivity contribution >= 4 is 0 Å². The molecule has 0 radical (unpaired) electrons. The zero-order valence-electron chi connectivity index (χ0n) is 8.90. The standard InChI is InChI=1S/C10H20O4/c1-3-4-10(12)9(2)14-8-7-13-6-5-11/h4,9,11-12H,3,5-8H2,1-2H3. The minimum absolute atomic E-state index is 0.0243. The van der Waals surface area contributed by atoms with Crippen molar-refractivity contribution in [1.29, 1.82) is 0 Å². The van der Waals surface area contributed by atoms with Gasteiger partial charge in [0.1, 0.15) is 11.9 Å². The molecule has 0 aliphatic heterocycles. The Morgan fingerprint density at radius 2 is 2.07 bits per heavy atom. The summed E-state index contributed by atoms with van der Waals surface area (Å²) < 4.78 is 10.3. The molecule has 0 rings (SSSR count). The van der Waals surface area contributed by atoms with Crippen LogP contribution in [0.1, 0.15) is 20.3 Å². The Kier molecular flexibility index (Phi) is 8.62. The highest BCUT2D eigenvalue weighted by Gasteiger charge is 2.05. The third-order valence-electron chi connectivity index (χ3n) is 1.66. The molecule has 0 bridgehead atoms. The predicted molar refractivity (Wildman–Crippen MR) is 54.3 cm³/mol. The lowest BCUT2D eigenvalue weighted by Gasteiger charge is -2.12. The number of allylic oxidation sites excluding steroid dienone is 1. The number of aliphatic hydroxyl groups is 2. The normalized spacial score (nSPS) is 14.4. The molecule has 4 nitrogen and oxygen atoms in total. The second-order valence-electron chi connectivity index (χ2n) is 2.89. The lowest BCUT2D eigenvalue weighted by atomic mass is 10.3. The first-order chi connectivity index (χ1) is 6.72. The van der Waals surface area contributed by atoms with Crippen LogP contribution in [0.3, 0.4) is 0 Å². The first kappa shape index (κ1) is 13.4. The van der Waals surface area contributed by atoms with Crippen LogP contribution in [-0.2, 0) is 9.47 Å². The van der Waals surface area contributed by atoms with Crippen molar-refractivity contribution in [2.24, 2.45) is 0 Å². The van der Waals surface area contributed by atoms with E-state index in [0.717, 1.165) is 6.42 Å². The second-order valence-corrected chi connectivity index (χ2v) is 2.89. The minimum atomic E-state index is -0.285. The summed E-state index contributed by atoms with van der Waals surface area (Å²) in [6, 6.07) is 0. The van der Waals surface area contributed by atoms with Crippen molar-refractivity contribution in [3.05, 3.63) is 11.8 Å². The van der Waals surface area contributed by atoms with Gasteiger partial charge in [-0.05, 0) is 19.4 Å². The van der Waals surface area contributed by atoms with E-state index in [0.29, 0.717) is 19.8 Å². The Morgan fingerprint density at radius 1 is 1.36 bits per heavy atom. The Balaban J connectivity index is 3.43. The molecule has 0 spiro atoms. The largest absolute Gasteiger partial charge is 0.510 e.